The number of hydrogen-bond acceptors (Lipinski definition) is 5. The molecule has 158 valence electrons. The van der Waals surface area contributed by atoms with Gasteiger partial charge in [-0.2, -0.15) is 10.4 Å². The minimum absolute atomic E-state index is 0.361. The number of hydrazone groups is 1. The number of nitrogens with zero attached hydrogens (tertiary/aromatic N) is 4. The van der Waals surface area contributed by atoms with E-state index in [1.165, 1.54) is 0 Å². The molecule has 0 bridgehead atoms. The van der Waals surface area contributed by atoms with E-state index in [9.17, 15) is 5.26 Å². The lowest BCUT2D eigenvalue weighted by Crippen LogP contribution is -2.11. The summed E-state index contributed by atoms with van der Waals surface area (Å²) in [6, 6.07) is 10.4. The number of hydrogen-bond donors (Lipinski definition) is 2. The average Bonchev–Trinajstić information content (AvgIpc) is 3.08. The third-order valence-corrected chi connectivity index (χ3v) is 5.25. The predicted molar refractivity (Wildman–Crippen MR) is 128 cm³/mol. The highest BCUT2D eigenvalue weighted by molar-refractivity contribution is 5.85. The second kappa shape index (κ2) is 9.77. The first-order valence-corrected chi connectivity index (χ1v) is 10.3. The molecule has 0 aliphatic heterocycles. The van der Waals surface area contributed by atoms with Gasteiger partial charge in [-0.1, -0.05) is 45.2 Å². The lowest BCUT2D eigenvalue weighted by atomic mass is 10.0. The van der Waals surface area contributed by atoms with Gasteiger partial charge in [0.25, 0.3) is 0 Å². The Balaban J connectivity index is 1.83. The van der Waals surface area contributed by atoms with Gasteiger partial charge >= 0.3 is 0 Å². The molecule has 1 aromatic carbocycles. The Bertz CT molecular complexity index is 1170. The molecule has 2 heterocycles. The molecule has 0 saturated heterocycles. The number of benzene rings is 1. The first kappa shape index (κ1) is 21.8. The molecule has 0 radical (unpaired) electrons. The van der Waals surface area contributed by atoms with Crippen LogP contribution in [0.2, 0.25) is 0 Å². The number of nitrogens with one attached hydrogen (secondary N) is 2. The highest BCUT2D eigenvalue weighted by Crippen LogP contribution is 2.29. The van der Waals surface area contributed by atoms with E-state index in [4.69, 9.17) is 0 Å². The van der Waals surface area contributed by atoms with Crippen LogP contribution in [0.15, 0.2) is 66.8 Å². The van der Waals surface area contributed by atoms with Crippen LogP contribution in [0.25, 0.3) is 16.5 Å². The summed E-state index contributed by atoms with van der Waals surface area (Å²) in [7, 11) is 1.89. The third-order valence-electron chi connectivity index (χ3n) is 5.25. The van der Waals surface area contributed by atoms with Crippen molar-refractivity contribution in [2.24, 2.45) is 18.1 Å². The van der Waals surface area contributed by atoms with Crippen molar-refractivity contribution in [2.75, 3.05) is 5.32 Å². The summed E-state index contributed by atoms with van der Waals surface area (Å²) in [5.41, 5.74) is 6.71. The number of rotatable bonds is 9. The van der Waals surface area contributed by atoms with Crippen LogP contribution < -0.4 is 10.7 Å². The maximum atomic E-state index is 9.62. The van der Waals surface area contributed by atoms with Crippen molar-refractivity contribution >= 4 is 28.5 Å². The highest BCUT2D eigenvalue weighted by atomic mass is 15.3. The molecule has 6 nitrogen and oxygen atoms in total. The van der Waals surface area contributed by atoms with Crippen molar-refractivity contribution in [1.82, 2.24) is 15.0 Å². The molecule has 3 rings (SSSR count). The van der Waals surface area contributed by atoms with Gasteiger partial charge < -0.3 is 9.88 Å². The van der Waals surface area contributed by atoms with Gasteiger partial charge in [0.2, 0.25) is 0 Å². The molecule has 31 heavy (non-hydrogen) atoms. The van der Waals surface area contributed by atoms with Crippen LogP contribution in [0.4, 0.5) is 5.82 Å². The van der Waals surface area contributed by atoms with Gasteiger partial charge in [-0.05, 0) is 29.4 Å². The van der Waals surface area contributed by atoms with Crippen molar-refractivity contribution in [3.63, 3.8) is 0 Å². The van der Waals surface area contributed by atoms with Gasteiger partial charge in [0.05, 0.1) is 16.8 Å². The average molecular weight is 413 g/mol. The summed E-state index contributed by atoms with van der Waals surface area (Å²) in [6.45, 7) is 12.5. The van der Waals surface area contributed by atoms with Gasteiger partial charge in [0, 0.05) is 49.4 Å². The van der Waals surface area contributed by atoms with E-state index < -0.39 is 0 Å². The number of pyridine rings is 1. The third kappa shape index (κ3) is 5.01. The van der Waals surface area contributed by atoms with E-state index in [1.54, 1.807) is 12.4 Å². The lowest BCUT2D eigenvalue weighted by Gasteiger charge is -2.15. The summed E-state index contributed by atoms with van der Waals surface area (Å²) < 4.78 is 1.87. The minimum atomic E-state index is 0.361. The molecule has 0 spiro atoms. The van der Waals surface area contributed by atoms with Crippen LogP contribution in [-0.4, -0.2) is 15.8 Å². The molecule has 0 amide bonds. The monoisotopic (exact) mass is 412 g/mol. The van der Waals surface area contributed by atoms with E-state index in [0.29, 0.717) is 29.2 Å². The topological polar surface area (TPSA) is 78.0 Å². The molecule has 0 fully saturated rings. The summed E-state index contributed by atoms with van der Waals surface area (Å²) >= 11 is 0. The largest absolute Gasteiger partial charge is 0.345 e. The quantitative estimate of drug-likeness (QED) is 0.374. The van der Waals surface area contributed by atoms with E-state index in [0.717, 1.165) is 34.3 Å². The Hall–Kier alpha value is -3.85. The van der Waals surface area contributed by atoms with E-state index in [-0.39, 0.29) is 0 Å². The molecule has 0 saturated carbocycles. The number of aryl methyl sites for hydroxylation is 1. The zero-order valence-electron chi connectivity index (χ0n) is 18.3. The summed E-state index contributed by atoms with van der Waals surface area (Å²) in [5, 5.41) is 19.5. The van der Waals surface area contributed by atoms with Crippen LogP contribution in [0.5, 0.6) is 0 Å². The molecule has 3 aromatic rings. The Kier molecular flexibility index (Phi) is 6.88. The summed E-state index contributed by atoms with van der Waals surface area (Å²) in [6.07, 6.45) is 8.93. The second-order valence-corrected chi connectivity index (χ2v) is 7.66. The predicted octanol–water partition coefficient (Wildman–Crippen LogP) is 5.21. The van der Waals surface area contributed by atoms with E-state index >= 15 is 0 Å². The van der Waals surface area contributed by atoms with Gasteiger partial charge in [-0.3, -0.25) is 10.4 Å². The Morgan fingerprint density at radius 3 is 2.90 bits per heavy atom. The van der Waals surface area contributed by atoms with E-state index in [2.05, 4.69) is 60.0 Å². The Morgan fingerprint density at radius 1 is 1.35 bits per heavy atom. The summed E-state index contributed by atoms with van der Waals surface area (Å²) in [5.74, 6) is 1.11. The van der Waals surface area contributed by atoms with Crippen LogP contribution in [0, 0.1) is 17.2 Å². The number of nitriles is 1. The van der Waals surface area contributed by atoms with Gasteiger partial charge in [-0.25, -0.2) is 0 Å². The smallest absolute Gasteiger partial charge is 0.120 e. The fraction of sp³-hybridized carbons (Fsp3) is 0.240. The van der Waals surface area contributed by atoms with Gasteiger partial charge in [-0.15, -0.1) is 0 Å². The lowest BCUT2D eigenvalue weighted by molar-refractivity contribution is 0.746. The summed E-state index contributed by atoms with van der Waals surface area (Å²) in [4.78, 5) is 4.20. The van der Waals surface area contributed by atoms with Crippen LogP contribution >= 0.6 is 0 Å². The first-order chi connectivity index (χ1) is 14.9. The first-order valence-electron chi connectivity index (χ1n) is 10.3. The standard InChI is InChI=1S/C25H28N6/c1-6-17(2)14-28-30-19(4)24-22(13-26)16-31(5)25(24)29-18(3)12-20-8-7-9-21-15-27-11-10-23(20)21/h7-11,14-17,29-30H,3-4,6,12H2,1-2,5H3/b28-14-/t17-/m1/s1. The molecular weight excluding hydrogens is 384 g/mol. The van der Waals surface area contributed by atoms with Crippen molar-refractivity contribution in [3.05, 3.63) is 78.4 Å². The molecule has 2 N–H and O–H groups in total. The zero-order valence-corrected chi connectivity index (χ0v) is 18.3. The molecule has 0 aliphatic carbocycles. The highest BCUT2D eigenvalue weighted by Gasteiger charge is 2.18. The van der Waals surface area contributed by atoms with Crippen LogP contribution in [-0.2, 0) is 13.5 Å². The molecule has 0 unspecified atom stereocenters. The molecular formula is C25H28N6. The zero-order chi connectivity index (χ0) is 22.4. The van der Waals surface area contributed by atoms with Crippen molar-refractivity contribution in [2.45, 2.75) is 26.7 Å². The fourth-order valence-corrected chi connectivity index (χ4v) is 3.36. The van der Waals surface area contributed by atoms with E-state index in [1.807, 2.05) is 42.2 Å². The van der Waals surface area contributed by atoms with Gasteiger partial charge in [0.15, 0.2) is 0 Å². The number of fused-ring (bicyclic) bond motifs is 1. The molecule has 2 aromatic heterocycles. The maximum absolute atomic E-state index is 9.62. The van der Waals surface area contributed by atoms with Crippen LogP contribution in [0.1, 0.15) is 37.0 Å². The Morgan fingerprint density at radius 2 is 2.16 bits per heavy atom. The van der Waals surface area contributed by atoms with Crippen LogP contribution in [0.3, 0.4) is 0 Å². The number of aromatic nitrogens is 2. The van der Waals surface area contributed by atoms with Crippen molar-refractivity contribution < 1.29 is 0 Å². The number of allylic oxidation sites excluding steroid dienone is 1. The number of anilines is 1. The molecule has 0 aliphatic rings. The minimum Gasteiger partial charge on any atom is -0.345 e. The Labute approximate surface area is 183 Å². The second-order valence-electron chi connectivity index (χ2n) is 7.66. The fourth-order valence-electron chi connectivity index (χ4n) is 3.36. The van der Waals surface area contributed by atoms with Crippen molar-refractivity contribution in [3.8, 4) is 6.07 Å². The maximum Gasteiger partial charge on any atom is 0.120 e. The SMILES string of the molecule is C=C(Cc1cccc2cnccc12)Nc1c(C(=C)N/N=C\[C@H](C)CC)c(C#N)cn1C. The van der Waals surface area contributed by atoms with Gasteiger partial charge in [0.1, 0.15) is 11.9 Å². The molecule has 1 atom stereocenters. The normalized spacial score (nSPS) is 11.9. The van der Waals surface area contributed by atoms with Crippen molar-refractivity contribution in [1.29, 1.82) is 5.26 Å². The molecule has 6 heteroatoms.